The summed E-state index contributed by atoms with van der Waals surface area (Å²) in [4.78, 5) is 40.0. The molecule has 7 heteroatoms. The summed E-state index contributed by atoms with van der Waals surface area (Å²) in [5.74, 6) is -1.65. The number of fused-ring (bicyclic) bond motifs is 1. The van der Waals surface area contributed by atoms with Gasteiger partial charge in [-0.25, -0.2) is 0 Å². The summed E-state index contributed by atoms with van der Waals surface area (Å²) in [6.45, 7) is 7.81. The van der Waals surface area contributed by atoms with E-state index in [0.29, 0.717) is 43.7 Å². The number of aliphatic carboxylic acids is 1. The number of benzene rings is 1. The van der Waals surface area contributed by atoms with Crippen LogP contribution in [0.4, 0.5) is 0 Å². The smallest absolute Gasteiger partial charge is 0.306 e. The predicted octanol–water partition coefficient (Wildman–Crippen LogP) is 2.34. The molecule has 2 atom stereocenters. The molecule has 2 amide bonds. The molecular weight excluding hydrogens is 358 g/mol. The standard InChI is InChI=1S/C21H31N3O4/c1-4-8-23(9-5-2)19(25)15-6-7-16-12-24(20(26)18(16)11-15)13-17(22)10-14(3)21(27)28/h6-7,11,14,17H,4-5,8-10,12-13,22H2,1-3H3,(H,27,28). The second-order valence-corrected chi connectivity index (χ2v) is 7.58. The molecule has 7 nitrogen and oxygen atoms in total. The second-order valence-electron chi connectivity index (χ2n) is 7.58. The Hall–Kier alpha value is -2.41. The van der Waals surface area contributed by atoms with Gasteiger partial charge in [-0.2, -0.15) is 0 Å². The first-order valence-corrected chi connectivity index (χ1v) is 9.98. The van der Waals surface area contributed by atoms with E-state index < -0.39 is 17.9 Å². The van der Waals surface area contributed by atoms with Gasteiger partial charge in [-0.05, 0) is 37.0 Å². The Kier molecular flexibility index (Phi) is 7.57. The van der Waals surface area contributed by atoms with E-state index in [9.17, 15) is 14.4 Å². The molecular formula is C21H31N3O4. The van der Waals surface area contributed by atoms with Crippen molar-refractivity contribution in [3.63, 3.8) is 0 Å². The maximum atomic E-state index is 12.8. The number of amides is 2. The number of hydrogen-bond donors (Lipinski definition) is 2. The first-order valence-electron chi connectivity index (χ1n) is 9.98. The van der Waals surface area contributed by atoms with E-state index in [2.05, 4.69) is 0 Å². The Labute approximate surface area is 166 Å². The van der Waals surface area contributed by atoms with Crippen molar-refractivity contribution in [3.8, 4) is 0 Å². The minimum Gasteiger partial charge on any atom is -0.481 e. The van der Waals surface area contributed by atoms with Crippen LogP contribution >= 0.6 is 0 Å². The van der Waals surface area contributed by atoms with E-state index in [-0.39, 0.29) is 11.8 Å². The van der Waals surface area contributed by atoms with Crippen molar-refractivity contribution in [1.82, 2.24) is 9.80 Å². The van der Waals surface area contributed by atoms with Gasteiger partial charge in [-0.15, -0.1) is 0 Å². The minimum atomic E-state index is -0.890. The topological polar surface area (TPSA) is 104 Å². The van der Waals surface area contributed by atoms with Crippen LogP contribution in [0.25, 0.3) is 0 Å². The fourth-order valence-corrected chi connectivity index (χ4v) is 3.59. The molecule has 3 N–H and O–H groups in total. The third-order valence-corrected chi connectivity index (χ3v) is 5.04. The number of carbonyl (C=O) groups excluding carboxylic acids is 2. The molecule has 0 aliphatic carbocycles. The molecule has 0 radical (unpaired) electrons. The molecule has 0 aromatic heterocycles. The molecule has 1 aliphatic heterocycles. The molecule has 1 aliphatic rings. The lowest BCUT2D eigenvalue weighted by Gasteiger charge is -2.22. The van der Waals surface area contributed by atoms with Gasteiger partial charge in [0.25, 0.3) is 11.8 Å². The normalized spacial score (nSPS) is 15.3. The molecule has 0 spiro atoms. The van der Waals surface area contributed by atoms with Crippen LogP contribution in [0.5, 0.6) is 0 Å². The van der Waals surface area contributed by atoms with Gasteiger partial charge < -0.3 is 20.6 Å². The Morgan fingerprint density at radius 1 is 1.25 bits per heavy atom. The van der Waals surface area contributed by atoms with Crippen molar-refractivity contribution in [2.45, 2.75) is 52.6 Å². The number of carboxylic acid groups (broad SMARTS) is 1. The fourth-order valence-electron chi connectivity index (χ4n) is 3.59. The van der Waals surface area contributed by atoms with Gasteiger partial charge in [0.05, 0.1) is 5.92 Å². The van der Waals surface area contributed by atoms with Crippen molar-refractivity contribution in [2.75, 3.05) is 19.6 Å². The number of carboxylic acids is 1. The molecule has 0 bridgehead atoms. The molecule has 2 unspecified atom stereocenters. The van der Waals surface area contributed by atoms with Crippen LogP contribution in [0.3, 0.4) is 0 Å². The van der Waals surface area contributed by atoms with Crippen LogP contribution in [0, 0.1) is 5.92 Å². The maximum absolute atomic E-state index is 12.8. The fraction of sp³-hybridized carbons (Fsp3) is 0.571. The molecule has 154 valence electrons. The van der Waals surface area contributed by atoms with Crippen molar-refractivity contribution in [1.29, 1.82) is 0 Å². The monoisotopic (exact) mass is 389 g/mol. The van der Waals surface area contributed by atoms with Gasteiger partial charge in [0, 0.05) is 43.3 Å². The third-order valence-electron chi connectivity index (χ3n) is 5.04. The largest absolute Gasteiger partial charge is 0.481 e. The SMILES string of the molecule is CCCN(CCC)C(=O)c1ccc2c(c1)C(=O)N(CC(N)CC(C)C(=O)O)C2. The lowest BCUT2D eigenvalue weighted by atomic mass is 10.0. The van der Waals surface area contributed by atoms with Gasteiger partial charge >= 0.3 is 5.97 Å². The molecule has 0 saturated carbocycles. The first-order chi connectivity index (χ1) is 13.3. The summed E-state index contributed by atoms with van der Waals surface area (Å²) in [5.41, 5.74) is 8.00. The Balaban J connectivity index is 2.09. The highest BCUT2D eigenvalue weighted by Crippen LogP contribution is 2.25. The number of nitrogens with zero attached hydrogens (tertiary/aromatic N) is 2. The van der Waals surface area contributed by atoms with Crippen LogP contribution in [-0.2, 0) is 11.3 Å². The third kappa shape index (κ3) is 5.10. The van der Waals surface area contributed by atoms with Crippen LogP contribution in [0.15, 0.2) is 18.2 Å². The minimum absolute atomic E-state index is 0.0512. The Morgan fingerprint density at radius 2 is 1.89 bits per heavy atom. The van der Waals surface area contributed by atoms with E-state index >= 15 is 0 Å². The van der Waals surface area contributed by atoms with Gasteiger partial charge in [0.1, 0.15) is 0 Å². The van der Waals surface area contributed by atoms with Crippen LogP contribution in [0.1, 0.15) is 66.3 Å². The van der Waals surface area contributed by atoms with E-state index in [0.717, 1.165) is 18.4 Å². The summed E-state index contributed by atoms with van der Waals surface area (Å²) in [6.07, 6.45) is 2.08. The zero-order valence-electron chi connectivity index (χ0n) is 17.0. The van der Waals surface area contributed by atoms with Gasteiger partial charge in [0.15, 0.2) is 0 Å². The molecule has 1 heterocycles. The van der Waals surface area contributed by atoms with E-state index in [1.807, 2.05) is 24.8 Å². The molecule has 28 heavy (non-hydrogen) atoms. The average molecular weight is 389 g/mol. The van der Waals surface area contributed by atoms with Gasteiger partial charge in [0.2, 0.25) is 0 Å². The number of hydrogen-bond acceptors (Lipinski definition) is 4. The summed E-state index contributed by atoms with van der Waals surface area (Å²) >= 11 is 0. The predicted molar refractivity (Wildman–Crippen MR) is 107 cm³/mol. The molecule has 2 rings (SSSR count). The van der Waals surface area contributed by atoms with E-state index in [1.165, 1.54) is 0 Å². The second kappa shape index (κ2) is 9.68. The Bertz CT molecular complexity index is 728. The highest BCUT2D eigenvalue weighted by atomic mass is 16.4. The quantitative estimate of drug-likeness (QED) is 0.639. The van der Waals surface area contributed by atoms with Crippen molar-refractivity contribution in [2.24, 2.45) is 11.7 Å². The van der Waals surface area contributed by atoms with E-state index in [1.54, 1.807) is 24.0 Å². The zero-order chi connectivity index (χ0) is 20.8. The number of nitrogens with two attached hydrogens (primary N) is 1. The van der Waals surface area contributed by atoms with Crippen LogP contribution in [0.2, 0.25) is 0 Å². The van der Waals surface area contributed by atoms with Gasteiger partial charge in [-0.1, -0.05) is 26.8 Å². The lowest BCUT2D eigenvalue weighted by molar-refractivity contribution is -0.141. The molecule has 1 aromatic carbocycles. The first kappa shape index (κ1) is 21.9. The summed E-state index contributed by atoms with van der Waals surface area (Å²) < 4.78 is 0. The summed E-state index contributed by atoms with van der Waals surface area (Å²) in [6, 6.07) is 4.89. The highest BCUT2D eigenvalue weighted by molar-refractivity contribution is 6.02. The average Bonchev–Trinajstić information content (AvgIpc) is 2.95. The van der Waals surface area contributed by atoms with E-state index in [4.69, 9.17) is 10.8 Å². The zero-order valence-corrected chi connectivity index (χ0v) is 17.0. The van der Waals surface area contributed by atoms with Crippen molar-refractivity contribution in [3.05, 3.63) is 34.9 Å². The highest BCUT2D eigenvalue weighted by Gasteiger charge is 2.30. The lowest BCUT2D eigenvalue weighted by Crippen LogP contribution is -2.39. The van der Waals surface area contributed by atoms with Crippen LogP contribution < -0.4 is 5.73 Å². The number of carbonyl (C=O) groups is 3. The number of rotatable bonds is 10. The Morgan fingerprint density at radius 3 is 2.46 bits per heavy atom. The maximum Gasteiger partial charge on any atom is 0.306 e. The van der Waals surface area contributed by atoms with Crippen molar-refractivity contribution >= 4 is 17.8 Å². The summed E-state index contributed by atoms with van der Waals surface area (Å²) in [7, 11) is 0. The van der Waals surface area contributed by atoms with Crippen LogP contribution in [-0.4, -0.2) is 58.4 Å². The van der Waals surface area contributed by atoms with Gasteiger partial charge in [-0.3, -0.25) is 14.4 Å². The molecule has 1 aromatic rings. The molecule has 0 fully saturated rings. The molecule has 0 saturated heterocycles. The van der Waals surface area contributed by atoms with Crippen molar-refractivity contribution < 1.29 is 19.5 Å². The summed E-state index contributed by atoms with van der Waals surface area (Å²) in [5, 5.41) is 9.02.